The number of carbonyl (C=O) groups excluding carboxylic acids is 1. The highest BCUT2D eigenvalue weighted by molar-refractivity contribution is 5.85. The van der Waals surface area contributed by atoms with Crippen molar-refractivity contribution in [3.05, 3.63) is 0 Å². The van der Waals surface area contributed by atoms with Crippen molar-refractivity contribution in [3.63, 3.8) is 0 Å². The molecule has 0 aromatic rings. The topological polar surface area (TPSA) is 32.3 Å². The Morgan fingerprint density at radius 3 is 2.17 bits per heavy atom. The molecule has 1 amide bonds. The molecule has 1 aliphatic carbocycles. The van der Waals surface area contributed by atoms with E-state index in [1.165, 1.54) is 0 Å². The van der Waals surface area contributed by atoms with E-state index in [0.29, 0.717) is 5.92 Å². The molecule has 1 N–H and O–H groups in total. The van der Waals surface area contributed by atoms with Gasteiger partial charge < -0.3 is 0 Å². The molecule has 3 heteroatoms. The Kier molecular flexibility index (Phi) is 2.42. The summed E-state index contributed by atoms with van der Waals surface area (Å²) >= 11 is 0. The third-order valence-electron chi connectivity index (χ3n) is 2.67. The molecular formula is C9H18N2O. The van der Waals surface area contributed by atoms with E-state index in [2.05, 4.69) is 19.3 Å². The molecule has 0 aromatic carbocycles. The number of nitrogens with zero attached hydrogens (tertiary/aromatic N) is 1. The molecule has 0 radical (unpaired) electrons. The van der Waals surface area contributed by atoms with Gasteiger partial charge in [-0.1, -0.05) is 13.8 Å². The fraction of sp³-hybridized carbons (Fsp3) is 0.889. The zero-order chi connectivity index (χ0) is 9.35. The van der Waals surface area contributed by atoms with Crippen molar-refractivity contribution in [2.75, 3.05) is 14.1 Å². The molecule has 1 rings (SSSR count). The molecule has 1 aliphatic rings. The third-order valence-corrected chi connectivity index (χ3v) is 2.67. The van der Waals surface area contributed by atoms with Gasteiger partial charge in [-0.3, -0.25) is 10.2 Å². The van der Waals surface area contributed by atoms with Crippen molar-refractivity contribution in [3.8, 4) is 0 Å². The van der Waals surface area contributed by atoms with Gasteiger partial charge in [-0.25, -0.2) is 5.01 Å². The summed E-state index contributed by atoms with van der Waals surface area (Å²) in [6.07, 6.45) is 2.09. The van der Waals surface area contributed by atoms with E-state index in [0.717, 1.165) is 12.8 Å². The number of rotatable bonds is 3. The van der Waals surface area contributed by atoms with Crippen molar-refractivity contribution in [1.29, 1.82) is 0 Å². The Balaban J connectivity index is 2.52. The molecule has 70 valence electrons. The number of hydrogen-bond acceptors (Lipinski definition) is 2. The number of hydrogen-bond donors (Lipinski definition) is 1. The van der Waals surface area contributed by atoms with Crippen LogP contribution in [-0.4, -0.2) is 25.0 Å². The Hall–Kier alpha value is -0.570. The summed E-state index contributed by atoms with van der Waals surface area (Å²) in [6.45, 7) is 4.23. The Morgan fingerprint density at radius 1 is 1.42 bits per heavy atom. The highest BCUT2D eigenvalue weighted by atomic mass is 16.2. The summed E-state index contributed by atoms with van der Waals surface area (Å²) in [4.78, 5) is 11.6. The van der Waals surface area contributed by atoms with E-state index < -0.39 is 0 Å². The van der Waals surface area contributed by atoms with Gasteiger partial charge in [0.05, 0.1) is 5.41 Å². The molecule has 1 saturated carbocycles. The molecular weight excluding hydrogens is 152 g/mol. The van der Waals surface area contributed by atoms with Crippen LogP contribution in [0.1, 0.15) is 26.7 Å². The maximum absolute atomic E-state index is 11.6. The summed E-state index contributed by atoms with van der Waals surface area (Å²) in [5, 5.41) is 1.71. The third kappa shape index (κ3) is 1.61. The minimum atomic E-state index is -0.0513. The van der Waals surface area contributed by atoms with Gasteiger partial charge in [-0.15, -0.1) is 0 Å². The fourth-order valence-electron chi connectivity index (χ4n) is 1.52. The lowest BCUT2D eigenvalue weighted by atomic mass is 9.92. The Bertz CT molecular complexity index is 183. The van der Waals surface area contributed by atoms with Crippen LogP contribution in [-0.2, 0) is 4.79 Å². The van der Waals surface area contributed by atoms with Gasteiger partial charge in [0.25, 0.3) is 0 Å². The zero-order valence-corrected chi connectivity index (χ0v) is 8.35. The van der Waals surface area contributed by atoms with Crippen molar-refractivity contribution in [2.45, 2.75) is 26.7 Å². The molecule has 0 heterocycles. The summed E-state index contributed by atoms with van der Waals surface area (Å²) < 4.78 is 0. The van der Waals surface area contributed by atoms with Gasteiger partial charge in [-0.2, -0.15) is 0 Å². The van der Waals surface area contributed by atoms with Gasteiger partial charge >= 0.3 is 0 Å². The van der Waals surface area contributed by atoms with Crippen LogP contribution in [0.2, 0.25) is 0 Å². The first kappa shape index (κ1) is 9.52. The predicted molar refractivity (Wildman–Crippen MR) is 48.3 cm³/mol. The lowest BCUT2D eigenvalue weighted by Gasteiger charge is -2.21. The maximum atomic E-state index is 11.6. The van der Waals surface area contributed by atoms with Crippen molar-refractivity contribution in [1.82, 2.24) is 10.4 Å². The fourth-order valence-corrected chi connectivity index (χ4v) is 1.52. The molecule has 0 unspecified atom stereocenters. The van der Waals surface area contributed by atoms with Crippen LogP contribution in [0.25, 0.3) is 0 Å². The Morgan fingerprint density at radius 2 is 1.92 bits per heavy atom. The molecule has 0 bridgehead atoms. The van der Waals surface area contributed by atoms with Gasteiger partial charge in [0.2, 0.25) is 5.91 Å². The summed E-state index contributed by atoms with van der Waals surface area (Å²) in [7, 11) is 3.68. The lowest BCUT2D eigenvalue weighted by molar-refractivity contribution is -0.131. The van der Waals surface area contributed by atoms with Crippen LogP contribution >= 0.6 is 0 Å². The van der Waals surface area contributed by atoms with Crippen LogP contribution in [0, 0.1) is 11.3 Å². The highest BCUT2D eigenvalue weighted by Crippen LogP contribution is 2.51. The molecule has 0 aromatic heterocycles. The normalized spacial score (nSPS) is 19.8. The molecule has 0 saturated heterocycles. The largest absolute Gasteiger partial charge is 0.289 e. The van der Waals surface area contributed by atoms with Crippen molar-refractivity contribution >= 4 is 5.91 Å². The zero-order valence-electron chi connectivity index (χ0n) is 8.35. The van der Waals surface area contributed by atoms with Gasteiger partial charge in [0, 0.05) is 14.1 Å². The average molecular weight is 170 g/mol. The second-order valence-corrected chi connectivity index (χ2v) is 4.15. The van der Waals surface area contributed by atoms with Gasteiger partial charge in [0.1, 0.15) is 0 Å². The van der Waals surface area contributed by atoms with Gasteiger partial charge in [-0.05, 0) is 18.8 Å². The smallest absolute Gasteiger partial charge is 0.240 e. The summed E-state index contributed by atoms with van der Waals surface area (Å²) in [5.74, 6) is 0.639. The summed E-state index contributed by atoms with van der Waals surface area (Å²) in [5.41, 5.74) is 2.77. The molecule has 0 atom stereocenters. The van der Waals surface area contributed by atoms with Crippen molar-refractivity contribution in [2.24, 2.45) is 11.3 Å². The van der Waals surface area contributed by atoms with Gasteiger partial charge in [0.15, 0.2) is 0 Å². The maximum Gasteiger partial charge on any atom is 0.240 e. The quantitative estimate of drug-likeness (QED) is 0.641. The van der Waals surface area contributed by atoms with E-state index in [4.69, 9.17) is 0 Å². The number of carbonyl (C=O) groups is 1. The molecule has 12 heavy (non-hydrogen) atoms. The minimum Gasteiger partial charge on any atom is -0.289 e. The first-order valence-electron chi connectivity index (χ1n) is 4.47. The summed E-state index contributed by atoms with van der Waals surface area (Å²) in [6, 6.07) is 0. The molecule has 0 spiro atoms. The van der Waals surface area contributed by atoms with E-state index in [1.807, 2.05) is 14.1 Å². The van der Waals surface area contributed by atoms with Crippen LogP contribution in [0.4, 0.5) is 0 Å². The predicted octanol–water partition coefficient (Wildman–Crippen LogP) is 1.02. The first-order chi connectivity index (χ1) is 5.49. The van der Waals surface area contributed by atoms with Crippen LogP contribution in [0.15, 0.2) is 0 Å². The highest BCUT2D eigenvalue weighted by Gasteiger charge is 2.52. The van der Waals surface area contributed by atoms with Crippen molar-refractivity contribution < 1.29 is 4.79 Å². The number of nitrogens with one attached hydrogen (secondary N) is 1. The lowest BCUT2D eigenvalue weighted by Crippen LogP contribution is -2.42. The molecule has 3 nitrogen and oxygen atoms in total. The van der Waals surface area contributed by atoms with E-state index >= 15 is 0 Å². The molecule has 0 aliphatic heterocycles. The van der Waals surface area contributed by atoms with E-state index in [-0.39, 0.29) is 11.3 Å². The van der Waals surface area contributed by atoms with Crippen LogP contribution in [0.3, 0.4) is 0 Å². The average Bonchev–Trinajstić information content (AvgIpc) is 2.63. The second kappa shape index (κ2) is 3.05. The minimum absolute atomic E-state index is 0.0513. The Labute approximate surface area is 74.1 Å². The van der Waals surface area contributed by atoms with E-state index in [1.54, 1.807) is 5.01 Å². The second-order valence-electron chi connectivity index (χ2n) is 4.15. The SMILES string of the molecule is CC(C)C1(C(=O)NN(C)C)CC1. The monoisotopic (exact) mass is 170 g/mol. The van der Waals surface area contributed by atoms with Crippen LogP contribution < -0.4 is 5.43 Å². The van der Waals surface area contributed by atoms with Crippen LogP contribution in [0.5, 0.6) is 0 Å². The standard InChI is InChI=1S/C9H18N2O/c1-7(2)9(5-6-9)8(12)10-11(3)4/h7H,5-6H2,1-4H3,(H,10,12). The number of hydrazine groups is 1. The first-order valence-corrected chi connectivity index (χ1v) is 4.47. The number of amides is 1. The van der Waals surface area contributed by atoms with E-state index in [9.17, 15) is 4.79 Å². The molecule has 1 fully saturated rings.